The molecule has 20 heavy (non-hydrogen) atoms. The van der Waals surface area contributed by atoms with E-state index >= 15 is 0 Å². The zero-order chi connectivity index (χ0) is 14.4. The maximum Gasteiger partial charge on any atom is 0.146 e. The van der Waals surface area contributed by atoms with E-state index in [9.17, 15) is 0 Å². The molecule has 0 radical (unpaired) electrons. The second-order valence-corrected chi connectivity index (χ2v) is 5.96. The molecule has 0 aliphatic carbocycles. The first kappa shape index (κ1) is 15.4. The Labute approximate surface area is 133 Å². The predicted octanol–water partition coefficient (Wildman–Crippen LogP) is 4.27. The van der Waals surface area contributed by atoms with E-state index in [4.69, 9.17) is 9.15 Å². The molecule has 0 aliphatic rings. The van der Waals surface area contributed by atoms with Crippen LogP contribution < -0.4 is 10.1 Å². The highest BCUT2D eigenvalue weighted by Gasteiger charge is 2.07. The molecule has 0 bridgehead atoms. The van der Waals surface area contributed by atoms with Gasteiger partial charge in [0.25, 0.3) is 0 Å². The Morgan fingerprint density at radius 2 is 2.15 bits per heavy atom. The predicted molar refractivity (Wildman–Crippen MR) is 88.9 cm³/mol. The van der Waals surface area contributed by atoms with Gasteiger partial charge < -0.3 is 14.5 Å². The molecule has 2 rings (SSSR count). The van der Waals surface area contributed by atoms with Gasteiger partial charge in [-0.25, -0.2) is 0 Å². The summed E-state index contributed by atoms with van der Waals surface area (Å²) in [6.45, 7) is 6.51. The largest absolute Gasteiger partial charge is 0.486 e. The van der Waals surface area contributed by atoms with Crippen molar-refractivity contribution in [3.05, 3.63) is 51.0 Å². The van der Waals surface area contributed by atoms with Crippen molar-refractivity contribution in [2.45, 2.75) is 33.4 Å². The van der Waals surface area contributed by atoms with Gasteiger partial charge in [-0.2, -0.15) is 0 Å². The van der Waals surface area contributed by atoms with Crippen LogP contribution in [0.5, 0.6) is 5.75 Å². The van der Waals surface area contributed by atoms with Gasteiger partial charge in [-0.1, -0.05) is 13.0 Å². The van der Waals surface area contributed by atoms with Crippen LogP contribution in [0.4, 0.5) is 0 Å². The number of hydrogen-bond acceptors (Lipinski definition) is 3. The van der Waals surface area contributed by atoms with Gasteiger partial charge in [0, 0.05) is 15.7 Å². The van der Waals surface area contributed by atoms with Gasteiger partial charge >= 0.3 is 0 Å². The Morgan fingerprint density at radius 1 is 1.30 bits per heavy atom. The van der Waals surface area contributed by atoms with Gasteiger partial charge in [0.15, 0.2) is 0 Å². The van der Waals surface area contributed by atoms with Crippen molar-refractivity contribution >= 4 is 22.6 Å². The summed E-state index contributed by atoms with van der Waals surface area (Å²) in [5.41, 5.74) is 1.21. The van der Waals surface area contributed by atoms with Crippen LogP contribution in [0, 0.1) is 10.5 Å². The van der Waals surface area contributed by atoms with Gasteiger partial charge in [-0.05, 0) is 66.7 Å². The second kappa shape index (κ2) is 7.69. The number of hydrogen-bond donors (Lipinski definition) is 1. The van der Waals surface area contributed by atoms with Gasteiger partial charge in [0.1, 0.15) is 23.9 Å². The molecule has 0 spiro atoms. The van der Waals surface area contributed by atoms with E-state index in [-0.39, 0.29) is 0 Å². The van der Waals surface area contributed by atoms with Crippen molar-refractivity contribution in [1.29, 1.82) is 0 Å². The summed E-state index contributed by atoms with van der Waals surface area (Å²) in [5, 5.41) is 3.38. The summed E-state index contributed by atoms with van der Waals surface area (Å²) in [6.07, 6.45) is 1.14. The van der Waals surface area contributed by atoms with Crippen LogP contribution in [0.3, 0.4) is 0 Å². The molecule has 0 unspecified atom stereocenters. The van der Waals surface area contributed by atoms with Crippen molar-refractivity contribution in [3.8, 4) is 5.75 Å². The fourth-order valence-corrected chi connectivity index (χ4v) is 2.46. The maximum absolute atomic E-state index is 5.75. The summed E-state index contributed by atoms with van der Waals surface area (Å²) in [7, 11) is 0. The van der Waals surface area contributed by atoms with Crippen LogP contribution in [-0.2, 0) is 13.2 Å². The number of furan rings is 1. The number of rotatable bonds is 7. The molecular weight excluding hydrogens is 365 g/mol. The molecular formula is C16H20INO2. The third-order valence-corrected chi connectivity index (χ3v) is 3.66. The summed E-state index contributed by atoms with van der Waals surface area (Å²) in [5.74, 6) is 2.71. The zero-order valence-corrected chi connectivity index (χ0v) is 14.1. The number of aryl methyl sites for hydroxylation is 1. The molecule has 0 fully saturated rings. The van der Waals surface area contributed by atoms with Crippen molar-refractivity contribution in [2.75, 3.05) is 6.54 Å². The van der Waals surface area contributed by atoms with Crippen LogP contribution in [0.25, 0.3) is 0 Å². The first-order chi connectivity index (χ1) is 9.69. The molecule has 1 aromatic heterocycles. The van der Waals surface area contributed by atoms with E-state index in [1.807, 2.05) is 31.2 Å². The number of nitrogens with one attached hydrogen (secondary N) is 1. The first-order valence-corrected chi connectivity index (χ1v) is 7.94. The summed E-state index contributed by atoms with van der Waals surface area (Å²) < 4.78 is 12.6. The Kier molecular flexibility index (Phi) is 5.91. The molecule has 0 saturated heterocycles. The molecule has 108 valence electrons. The fraction of sp³-hybridized carbons (Fsp3) is 0.375. The molecule has 3 nitrogen and oxygen atoms in total. The van der Waals surface area contributed by atoms with Gasteiger partial charge in [0.05, 0.1) is 0 Å². The van der Waals surface area contributed by atoms with Crippen molar-refractivity contribution < 1.29 is 9.15 Å². The van der Waals surface area contributed by atoms with Crippen LogP contribution in [0.1, 0.15) is 30.4 Å². The minimum Gasteiger partial charge on any atom is -0.486 e. The summed E-state index contributed by atoms with van der Waals surface area (Å²) >= 11 is 2.28. The minimum absolute atomic E-state index is 0.467. The van der Waals surface area contributed by atoms with Crippen molar-refractivity contribution in [3.63, 3.8) is 0 Å². The lowest BCUT2D eigenvalue weighted by Gasteiger charge is -2.03. The highest BCUT2D eigenvalue weighted by molar-refractivity contribution is 14.1. The van der Waals surface area contributed by atoms with Gasteiger partial charge in [-0.15, -0.1) is 0 Å². The smallest absolute Gasteiger partial charge is 0.146 e. The van der Waals surface area contributed by atoms with E-state index in [2.05, 4.69) is 40.9 Å². The maximum atomic E-state index is 5.75. The normalized spacial score (nSPS) is 10.8. The third kappa shape index (κ3) is 4.52. The molecule has 0 saturated carbocycles. The molecule has 1 N–H and O–H groups in total. The van der Waals surface area contributed by atoms with Crippen molar-refractivity contribution in [2.24, 2.45) is 0 Å². The second-order valence-electron chi connectivity index (χ2n) is 4.72. The Hall–Kier alpha value is -1.01. The van der Waals surface area contributed by atoms with E-state index in [0.717, 1.165) is 36.8 Å². The molecule has 0 amide bonds. The molecule has 2 aromatic rings. The molecule has 1 aromatic carbocycles. The number of benzene rings is 1. The SMILES string of the molecule is CCCNCc1cc(COc2cccc(I)c2)oc1C. The van der Waals surface area contributed by atoms with Crippen LogP contribution in [0.2, 0.25) is 0 Å². The quantitative estimate of drug-likeness (QED) is 0.571. The van der Waals surface area contributed by atoms with Crippen molar-refractivity contribution in [1.82, 2.24) is 5.32 Å². The van der Waals surface area contributed by atoms with E-state index in [1.165, 1.54) is 9.13 Å². The lowest BCUT2D eigenvalue weighted by Crippen LogP contribution is -2.13. The number of halogens is 1. The average Bonchev–Trinajstić information content (AvgIpc) is 2.78. The minimum atomic E-state index is 0.467. The zero-order valence-electron chi connectivity index (χ0n) is 11.9. The van der Waals surface area contributed by atoms with E-state index in [0.29, 0.717) is 6.61 Å². The lowest BCUT2D eigenvalue weighted by molar-refractivity contribution is 0.267. The molecule has 1 heterocycles. The third-order valence-electron chi connectivity index (χ3n) is 2.99. The monoisotopic (exact) mass is 385 g/mol. The van der Waals surface area contributed by atoms with E-state index < -0.39 is 0 Å². The highest BCUT2D eigenvalue weighted by atomic mass is 127. The Balaban J connectivity index is 1.91. The fourth-order valence-electron chi connectivity index (χ4n) is 1.95. The van der Waals surface area contributed by atoms with E-state index in [1.54, 1.807) is 0 Å². The van der Waals surface area contributed by atoms with Crippen LogP contribution in [-0.4, -0.2) is 6.54 Å². The summed E-state index contributed by atoms with van der Waals surface area (Å²) in [4.78, 5) is 0. The highest BCUT2D eigenvalue weighted by Crippen LogP contribution is 2.19. The van der Waals surface area contributed by atoms with Gasteiger partial charge in [0.2, 0.25) is 0 Å². The van der Waals surface area contributed by atoms with Crippen LogP contribution >= 0.6 is 22.6 Å². The Morgan fingerprint density at radius 3 is 2.90 bits per heavy atom. The Bertz CT molecular complexity index is 551. The lowest BCUT2D eigenvalue weighted by atomic mass is 10.2. The number of ether oxygens (including phenoxy) is 1. The van der Waals surface area contributed by atoms with Gasteiger partial charge in [-0.3, -0.25) is 0 Å². The average molecular weight is 385 g/mol. The standard InChI is InChI=1S/C16H20INO2/c1-3-7-18-10-13-8-16(20-12(13)2)11-19-15-6-4-5-14(17)9-15/h4-6,8-9,18H,3,7,10-11H2,1-2H3. The molecule has 4 heteroatoms. The summed E-state index contributed by atoms with van der Waals surface area (Å²) in [6, 6.07) is 10.1. The molecule has 0 aliphatic heterocycles. The topological polar surface area (TPSA) is 34.4 Å². The molecule has 0 atom stereocenters. The van der Waals surface area contributed by atoms with Crippen LogP contribution in [0.15, 0.2) is 34.7 Å². The first-order valence-electron chi connectivity index (χ1n) is 6.86.